The zero-order valence-electron chi connectivity index (χ0n) is 18.4. The molecule has 2 aliphatic rings. The predicted molar refractivity (Wildman–Crippen MR) is 118 cm³/mol. The van der Waals surface area contributed by atoms with Crippen LogP contribution in [0.25, 0.3) is 0 Å². The number of halogens is 1. The maximum atomic E-state index is 13.8. The molecule has 1 heterocycles. The van der Waals surface area contributed by atoms with E-state index in [0.717, 1.165) is 31.4 Å². The average Bonchev–Trinajstić information content (AvgIpc) is 3.12. The van der Waals surface area contributed by atoms with Crippen molar-refractivity contribution in [3.63, 3.8) is 0 Å². The van der Waals surface area contributed by atoms with Crippen LogP contribution in [-0.4, -0.2) is 66.2 Å². The molecule has 1 saturated heterocycles. The Kier molecular flexibility index (Phi) is 8.12. The van der Waals surface area contributed by atoms with E-state index in [-0.39, 0.29) is 18.5 Å². The third kappa shape index (κ3) is 5.72. The topological polar surface area (TPSA) is 142 Å². The number of aliphatic hydroxyl groups is 2. The standard InChI is InChI=1S/C22H30FNO8S/c1-2-3-4-5-14-10-15(23)6-7-17(14)24-33(29,30)20-8-9-22(11-16(20)21(27)28)31-18(12-25)19(13-26)32-22/h6-7,10-11,18-20,24-26H,2-5,8-9,12-13H2,1H3,(H,27,28)/t18-,19-,20?/m0/s1. The summed E-state index contributed by atoms with van der Waals surface area (Å²) >= 11 is 0. The van der Waals surface area contributed by atoms with Crippen LogP contribution in [0.15, 0.2) is 29.8 Å². The van der Waals surface area contributed by atoms with E-state index in [1.54, 1.807) is 0 Å². The first-order valence-electron chi connectivity index (χ1n) is 11.0. The highest BCUT2D eigenvalue weighted by Crippen LogP contribution is 2.41. The highest BCUT2D eigenvalue weighted by Gasteiger charge is 2.51. The Hall–Kier alpha value is -2.05. The number of aliphatic carboxylic acids is 1. The molecule has 1 aromatic rings. The Labute approximate surface area is 192 Å². The molecular formula is C22H30FNO8S. The van der Waals surface area contributed by atoms with E-state index in [2.05, 4.69) is 4.72 Å². The van der Waals surface area contributed by atoms with Gasteiger partial charge in [-0.25, -0.2) is 17.6 Å². The molecule has 184 valence electrons. The van der Waals surface area contributed by atoms with Gasteiger partial charge >= 0.3 is 5.97 Å². The van der Waals surface area contributed by atoms with Crippen LogP contribution in [0.5, 0.6) is 0 Å². The van der Waals surface area contributed by atoms with Crippen molar-refractivity contribution in [2.75, 3.05) is 17.9 Å². The minimum Gasteiger partial charge on any atom is -0.478 e. The molecule has 0 radical (unpaired) electrons. The van der Waals surface area contributed by atoms with E-state index in [1.807, 2.05) is 6.92 Å². The van der Waals surface area contributed by atoms with E-state index in [0.29, 0.717) is 12.0 Å². The molecule has 0 aromatic heterocycles. The lowest BCUT2D eigenvalue weighted by Crippen LogP contribution is -2.42. The van der Waals surface area contributed by atoms with Gasteiger partial charge in [0.25, 0.3) is 0 Å². The van der Waals surface area contributed by atoms with Crippen LogP contribution in [-0.2, 0) is 30.7 Å². The number of aryl methyl sites for hydroxylation is 1. The van der Waals surface area contributed by atoms with Crippen LogP contribution in [0, 0.1) is 5.82 Å². The zero-order valence-corrected chi connectivity index (χ0v) is 19.2. The Morgan fingerprint density at radius 3 is 2.45 bits per heavy atom. The lowest BCUT2D eigenvalue weighted by atomic mass is 9.94. The van der Waals surface area contributed by atoms with Crippen molar-refractivity contribution >= 4 is 21.7 Å². The van der Waals surface area contributed by atoms with E-state index in [9.17, 15) is 32.9 Å². The zero-order chi connectivity index (χ0) is 24.2. The van der Waals surface area contributed by atoms with Gasteiger partial charge < -0.3 is 24.8 Å². The van der Waals surface area contributed by atoms with Crippen molar-refractivity contribution < 1.29 is 42.4 Å². The number of aliphatic hydroxyl groups excluding tert-OH is 2. The smallest absolute Gasteiger partial charge is 0.332 e. The number of carboxylic acid groups (broad SMARTS) is 1. The van der Waals surface area contributed by atoms with Gasteiger partial charge in [-0.05, 0) is 49.1 Å². The number of carbonyl (C=O) groups is 1. The van der Waals surface area contributed by atoms with Crippen LogP contribution in [0.4, 0.5) is 10.1 Å². The third-order valence-corrected chi connectivity index (χ3v) is 7.69. The first-order valence-corrected chi connectivity index (χ1v) is 12.5. The third-order valence-electron chi connectivity index (χ3n) is 5.94. The maximum absolute atomic E-state index is 13.8. The van der Waals surface area contributed by atoms with Gasteiger partial charge in [-0.1, -0.05) is 19.8 Å². The molecule has 3 atom stereocenters. The van der Waals surface area contributed by atoms with Crippen LogP contribution >= 0.6 is 0 Å². The fourth-order valence-electron chi connectivity index (χ4n) is 4.26. The van der Waals surface area contributed by atoms with Gasteiger partial charge in [0.1, 0.15) is 23.3 Å². The van der Waals surface area contributed by atoms with E-state index < -0.39 is 63.8 Å². The number of ether oxygens (including phenoxy) is 2. The second-order valence-corrected chi connectivity index (χ2v) is 10.2. The lowest BCUT2D eigenvalue weighted by molar-refractivity contribution is -0.153. The highest BCUT2D eigenvalue weighted by molar-refractivity contribution is 7.93. The lowest BCUT2D eigenvalue weighted by Gasteiger charge is -2.33. The molecule has 33 heavy (non-hydrogen) atoms. The van der Waals surface area contributed by atoms with Crippen LogP contribution in [0.3, 0.4) is 0 Å². The molecular weight excluding hydrogens is 457 g/mol. The monoisotopic (exact) mass is 487 g/mol. The molecule has 1 fully saturated rings. The molecule has 11 heteroatoms. The van der Waals surface area contributed by atoms with Crippen LogP contribution in [0.1, 0.15) is 44.6 Å². The number of unbranched alkanes of at least 4 members (excludes halogenated alkanes) is 2. The van der Waals surface area contributed by atoms with Crippen molar-refractivity contribution in [2.45, 2.75) is 68.7 Å². The van der Waals surface area contributed by atoms with Crippen molar-refractivity contribution in [3.05, 3.63) is 41.2 Å². The second-order valence-electron chi connectivity index (χ2n) is 8.33. The quantitative estimate of drug-likeness (QED) is 0.367. The Bertz CT molecular complexity index is 984. The molecule has 1 aromatic carbocycles. The molecule has 3 rings (SSSR count). The number of carboxylic acids is 1. The molecule has 4 N–H and O–H groups in total. The number of benzene rings is 1. The van der Waals surface area contributed by atoms with Gasteiger partial charge in [-0.2, -0.15) is 0 Å². The minimum absolute atomic E-state index is 0.00906. The fraction of sp³-hybridized carbons (Fsp3) is 0.591. The molecule has 0 saturated carbocycles. The molecule has 1 spiro atoms. The highest BCUT2D eigenvalue weighted by atomic mass is 32.2. The normalized spacial score (nSPS) is 24.6. The van der Waals surface area contributed by atoms with Crippen molar-refractivity contribution in [1.29, 1.82) is 0 Å². The number of rotatable bonds is 10. The first-order chi connectivity index (χ1) is 15.6. The first kappa shape index (κ1) is 25.6. The average molecular weight is 488 g/mol. The summed E-state index contributed by atoms with van der Waals surface area (Å²) in [7, 11) is -4.21. The van der Waals surface area contributed by atoms with Gasteiger partial charge in [0, 0.05) is 6.42 Å². The SMILES string of the molecule is CCCCCc1cc(F)ccc1NS(=O)(=O)C1CCC2(C=C1C(=O)O)O[C@@H](CO)[C@H](CO)O2. The molecule has 0 amide bonds. The summed E-state index contributed by atoms with van der Waals surface area (Å²) in [5, 5.41) is 27.2. The fourth-order valence-corrected chi connectivity index (χ4v) is 5.84. The number of hydrogen-bond acceptors (Lipinski definition) is 7. The maximum Gasteiger partial charge on any atom is 0.332 e. The number of sulfonamides is 1. The number of nitrogens with one attached hydrogen (secondary N) is 1. The number of anilines is 1. The van der Waals surface area contributed by atoms with Crippen LogP contribution < -0.4 is 4.72 Å². The van der Waals surface area contributed by atoms with E-state index in [4.69, 9.17) is 9.47 Å². The molecule has 0 bridgehead atoms. The summed E-state index contributed by atoms with van der Waals surface area (Å²) < 4.78 is 54.0. The largest absolute Gasteiger partial charge is 0.478 e. The Morgan fingerprint density at radius 2 is 1.88 bits per heavy atom. The summed E-state index contributed by atoms with van der Waals surface area (Å²) in [5.74, 6) is -3.48. The van der Waals surface area contributed by atoms with Gasteiger partial charge in [0.2, 0.25) is 10.0 Å². The van der Waals surface area contributed by atoms with E-state index >= 15 is 0 Å². The van der Waals surface area contributed by atoms with Crippen LogP contribution in [0.2, 0.25) is 0 Å². The summed E-state index contributed by atoms with van der Waals surface area (Å²) in [6, 6.07) is 3.76. The second kappa shape index (κ2) is 10.5. The summed E-state index contributed by atoms with van der Waals surface area (Å²) in [6.45, 7) is 1.13. The van der Waals surface area contributed by atoms with Crippen molar-refractivity contribution in [2.24, 2.45) is 0 Å². The van der Waals surface area contributed by atoms with Gasteiger partial charge in [-0.3, -0.25) is 4.72 Å². The Morgan fingerprint density at radius 1 is 1.21 bits per heavy atom. The molecule has 1 aliphatic carbocycles. The van der Waals surface area contributed by atoms with E-state index in [1.165, 1.54) is 12.1 Å². The van der Waals surface area contributed by atoms with Gasteiger partial charge in [0.15, 0.2) is 5.79 Å². The number of hydrogen-bond donors (Lipinski definition) is 4. The van der Waals surface area contributed by atoms with Crippen molar-refractivity contribution in [1.82, 2.24) is 0 Å². The Balaban J connectivity index is 1.88. The molecule has 9 nitrogen and oxygen atoms in total. The van der Waals surface area contributed by atoms with Gasteiger partial charge in [-0.15, -0.1) is 0 Å². The summed E-state index contributed by atoms with van der Waals surface area (Å²) in [5.41, 5.74) is 0.282. The predicted octanol–water partition coefficient (Wildman–Crippen LogP) is 1.94. The summed E-state index contributed by atoms with van der Waals surface area (Å²) in [4.78, 5) is 12.0. The summed E-state index contributed by atoms with van der Waals surface area (Å²) in [6.07, 6.45) is 2.35. The molecule has 1 unspecified atom stereocenters. The van der Waals surface area contributed by atoms with Gasteiger partial charge in [0.05, 0.1) is 24.5 Å². The van der Waals surface area contributed by atoms with Crippen molar-refractivity contribution in [3.8, 4) is 0 Å². The minimum atomic E-state index is -4.21. The molecule has 1 aliphatic heterocycles.